The minimum absolute atomic E-state index is 0.491. The van der Waals surface area contributed by atoms with Crippen LogP contribution in [0.1, 0.15) is 0 Å². The predicted molar refractivity (Wildman–Crippen MR) is 159 cm³/mol. The summed E-state index contributed by atoms with van der Waals surface area (Å²) in [6.07, 6.45) is 1.71. The number of nitrogens with zero attached hydrogens (tertiary/aromatic N) is 4. The van der Waals surface area contributed by atoms with Crippen LogP contribution in [0.4, 0.5) is 0 Å². The Morgan fingerprint density at radius 1 is 0.615 bits per heavy atom. The lowest BCUT2D eigenvalue weighted by Crippen LogP contribution is -2.00. The monoisotopic (exact) mass is 540 g/mol. The highest BCUT2D eigenvalue weighted by atomic mass is 35.5. The van der Waals surface area contributed by atoms with Gasteiger partial charge in [-0.1, -0.05) is 84.4 Å². The number of aromatic nitrogens is 4. The third kappa shape index (κ3) is 3.53. The third-order valence-corrected chi connectivity index (χ3v) is 8.42. The first-order valence-electron chi connectivity index (χ1n) is 12.4. The summed E-state index contributed by atoms with van der Waals surface area (Å²) in [5, 5.41) is 4.66. The topological polar surface area (TPSA) is 64.7 Å². The van der Waals surface area contributed by atoms with Crippen LogP contribution >= 0.6 is 22.9 Å². The fourth-order valence-electron chi connectivity index (χ4n) is 5.13. The molecular weight excluding hydrogens is 524 g/mol. The average molecular weight is 541 g/mol. The lowest BCUT2D eigenvalue weighted by molar-refractivity contribution is 0.654. The Morgan fingerprint density at radius 2 is 1.33 bits per heavy atom. The molecule has 0 amide bonds. The maximum Gasteiger partial charge on any atom is 0.228 e. The van der Waals surface area contributed by atoms with Crippen molar-refractivity contribution >= 4 is 65.2 Å². The van der Waals surface area contributed by atoms with Crippen LogP contribution in [-0.4, -0.2) is 19.9 Å². The molecule has 0 spiro atoms. The van der Waals surface area contributed by atoms with Crippen molar-refractivity contribution in [2.24, 2.45) is 0 Å². The Morgan fingerprint density at radius 3 is 2.23 bits per heavy atom. The standard InChI is InChI=1S/C32H17ClN4OS/c33-24-14-7-12-21-26-22(16-17-34-32(26)38-27(21)24)30-35-29(18-8-2-1-3-9-18)36-31(37-30)23-13-6-11-20-19-10-4-5-15-25(19)39-28(20)23/h1-17H. The van der Waals surface area contributed by atoms with Gasteiger partial charge < -0.3 is 4.42 Å². The van der Waals surface area contributed by atoms with Crippen molar-refractivity contribution in [3.05, 3.63) is 108 Å². The predicted octanol–water partition coefficient (Wildman–Crippen LogP) is 9.19. The molecule has 0 unspecified atom stereocenters. The number of hydrogen-bond acceptors (Lipinski definition) is 6. The van der Waals surface area contributed by atoms with E-state index in [1.165, 1.54) is 15.5 Å². The van der Waals surface area contributed by atoms with E-state index in [4.69, 9.17) is 31.0 Å². The van der Waals surface area contributed by atoms with Crippen LogP contribution in [0.5, 0.6) is 0 Å². The van der Waals surface area contributed by atoms with Gasteiger partial charge in [0.25, 0.3) is 0 Å². The molecule has 0 N–H and O–H groups in total. The summed E-state index contributed by atoms with van der Waals surface area (Å²) in [5.41, 5.74) is 3.79. The lowest BCUT2D eigenvalue weighted by Gasteiger charge is -2.09. The van der Waals surface area contributed by atoms with Gasteiger partial charge in [0, 0.05) is 48.4 Å². The Balaban J connectivity index is 1.44. The van der Waals surface area contributed by atoms with E-state index in [0.29, 0.717) is 33.8 Å². The van der Waals surface area contributed by atoms with Crippen LogP contribution in [0.15, 0.2) is 108 Å². The number of para-hydroxylation sites is 1. The summed E-state index contributed by atoms with van der Waals surface area (Å²) in [4.78, 5) is 19.5. The van der Waals surface area contributed by atoms with Crippen LogP contribution in [0.3, 0.4) is 0 Å². The van der Waals surface area contributed by atoms with Crippen molar-refractivity contribution in [2.75, 3.05) is 0 Å². The van der Waals surface area contributed by atoms with Gasteiger partial charge >= 0.3 is 0 Å². The van der Waals surface area contributed by atoms with Gasteiger partial charge in [0.1, 0.15) is 0 Å². The molecule has 0 atom stereocenters. The Hall–Kier alpha value is -4.65. The summed E-state index contributed by atoms with van der Waals surface area (Å²) in [6.45, 7) is 0. The van der Waals surface area contributed by atoms with Crippen molar-refractivity contribution in [2.45, 2.75) is 0 Å². The zero-order chi connectivity index (χ0) is 25.9. The van der Waals surface area contributed by atoms with E-state index in [2.05, 4.69) is 47.4 Å². The molecule has 184 valence electrons. The SMILES string of the molecule is Clc1cccc2c1oc1nccc(-c3nc(-c4ccccc4)nc(-c4cccc5c4sc4ccccc45)n3)c12. The zero-order valence-electron chi connectivity index (χ0n) is 20.3. The second-order valence-electron chi connectivity index (χ2n) is 9.21. The lowest BCUT2D eigenvalue weighted by atomic mass is 10.1. The minimum atomic E-state index is 0.491. The first-order valence-corrected chi connectivity index (χ1v) is 13.6. The molecule has 0 fully saturated rings. The molecule has 0 radical (unpaired) electrons. The van der Waals surface area contributed by atoms with Crippen molar-refractivity contribution < 1.29 is 4.42 Å². The zero-order valence-corrected chi connectivity index (χ0v) is 21.9. The molecule has 0 aliphatic rings. The number of hydrogen-bond donors (Lipinski definition) is 0. The number of benzene rings is 4. The van der Waals surface area contributed by atoms with Gasteiger partial charge in [0.05, 0.1) is 10.4 Å². The van der Waals surface area contributed by atoms with E-state index >= 15 is 0 Å². The highest BCUT2D eigenvalue weighted by Gasteiger charge is 2.20. The van der Waals surface area contributed by atoms with Gasteiger partial charge in [-0.15, -0.1) is 11.3 Å². The van der Waals surface area contributed by atoms with Crippen LogP contribution in [0.2, 0.25) is 5.02 Å². The first-order chi connectivity index (χ1) is 19.2. The number of rotatable bonds is 3. The van der Waals surface area contributed by atoms with E-state index in [-0.39, 0.29) is 0 Å². The van der Waals surface area contributed by atoms with E-state index < -0.39 is 0 Å². The summed E-state index contributed by atoms with van der Waals surface area (Å²) >= 11 is 8.22. The van der Waals surface area contributed by atoms with Crippen LogP contribution in [0.25, 0.3) is 76.4 Å². The maximum absolute atomic E-state index is 6.46. The fourth-order valence-corrected chi connectivity index (χ4v) is 6.55. The number of pyridine rings is 1. The highest BCUT2D eigenvalue weighted by molar-refractivity contribution is 7.26. The van der Waals surface area contributed by atoms with Gasteiger partial charge in [-0.05, 0) is 24.3 Å². The van der Waals surface area contributed by atoms with Crippen molar-refractivity contribution in [3.63, 3.8) is 0 Å². The second-order valence-corrected chi connectivity index (χ2v) is 10.7. The average Bonchev–Trinajstić information content (AvgIpc) is 3.57. The Labute approximate surface area is 231 Å². The van der Waals surface area contributed by atoms with Crippen molar-refractivity contribution in [3.8, 4) is 34.2 Å². The molecule has 4 aromatic heterocycles. The molecule has 0 bridgehead atoms. The molecule has 8 rings (SSSR count). The van der Waals surface area contributed by atoms with Crippen LogP contribution in [0, 0.1) is 0 Å². The number of thiophene rings is 1. The number of fused-ring (bicyclic) bond motifs is 6. The molecule has 7 heteroatoms. The smallest absolute Gasteiger partial charge is 0.228 e. The summed E-state index contributed by atoms with van der Waals surface area (Å²) in [5.74, 6) is 1.77. The van der Waals surface area contributed by atoms with Gasteiger partial charge in [0.2, 0.25) is 5.71 Å². The summed E-state index contributed by atoms with van der Waals surface area (Å²) < 4.78 is 8.43. The van der Waals surface area contributed by atoms with Gasteiger partial charge in [-0.2, -0.15) is 0 Å². The number of furan rings is 1. The largest absolute Gasteiger partial charge is 0.436 e. The summed E-state index contributed by atoms with van der Waals surface area (Å²) in [6, 6.07) is 32.4. The molecule has 0 aliphatic heterocycles. The number of halogens is 1. The van der Waals surface area contributed by atoms with E-state index in [9.17, 15) is 0 Å². The third-order valence-electron chi connectivity index (χ3n) is 6.90. The molecule has 0 saturated carbocycles. The normalized spacial score (nSPS) is 11.7. The Bertz CT molecular complexity index is 2200. The van der Waals surface area contributed by atoms with Gasteiger partial charge in [-0.25, -0.2) is 19.9 Å². The molecule has 4 heterocycles. The first kappa shape index (κ1) is 22.3. The molecule has 0 aliphatic carbocycles. The molecule has 4 aromatic carbocycles. The van der Waals surface area contributed by atoms with Crippen molar-refractivity contribution in [1.29, 1.82) is 0 Å². The second kappa shape index (κ2) is 8.70. The van der Waals surface area contributed by atoms with Crippen LogP contribution < -0.4 is 0 Å². The van der Waals surface area contributed by atoms with E-state index in [1.54, 1.807) is 17.5 Å². The Kier molecular flexibility index (Phi) is 4.98. The molecule has 8 aromatic rings. The van der Waals surface area contributed by atoms with Gasteiger partial charge in [-0.3, -0.25) is 0 Å². The fraction of sp³-hybridized carbons (Fsp3) is 0. The molecular formula is C32H17ClN4OS. The summed E-state index contributed by atoms with van der Waals surface area (Å²) in [7, 11) is 0. The molecule has 39 heavy (non-hydrogen) atoms. The molecule has 0 saturated heterocycles. The van der Waals surface area contributed by atoms with E-state index in [0.717, 1.165) is 32.2 Å². The van der Waals surface area contributed by atoms with Crippen molar-refractivity contribution in [1.82, 2.24) is 19.9 Å². The maximum atomic E-state index is 6.46. The van der Waals surface area contributed by atoms with Crippen LogP contribution in [-0.2, 0) is 0 Å². The van der Waals surface area contributed by atoms with Gasteiger partial charge in [0.15, 0.2) is 23.1 Å². The molecule has 5 nitrogen and oxygen atoms in total. The van der Waals surface area contributed by atoms with E-state index in [1.807, 2.05) is 54.6 Å². The highest BCUT2D eigenvalue weighted by Crippen LogP contribution is 2.41. The quantitative estimate of drug-likeness (QED) is 0.223. The minimum Gasteiger partial charge on any atom is -0.436 e.